The Bertz CT molecular complexity index is 207. The number of carbonyl (C=O) groups excluding carboxylic acids is 1. The van der Waals surface area contributed by atoms with Gasteiger partial charge in [0.25, 0.3) is 0 Å². The Morgan fingerprint density at radius 3 is 2.53 bits per heavy atom. The number of nitrogens with one attached hydrogen (secondary N) is 1. The van der Waals surface area contributed by atoms with E-state index in [9.17, 15) is 9.59 Å². The first-order valence-electron chi connectivity index (χ1n) is 5.31. The number of carboxylic acids is 1. The van der Waals surface area contributed by atoms with E-state index < -0.39 is 5.97 Å². The van der Waals surface area contributed by atoms with Gasteiger partial charge < -0.3 is 16.2 Å². The van der Waals surface area contributed by atoms with Crippen LogP contribution in [-0.4, -0.2) is 29.6 Å². The molecule has 15 heavy (non-hydrogen) atoms. The number of hydrogen-bond acceptors (Lipinski definition) is 3. The van der Waals surface area contributed by atoms with Crippen LogP contribution in [0.2, 0.25) is 0 Å². The van der Waals surface area contributed by atoms with Crippen molar-refractivity contribution in [1.29, 1.82) is 0 Å². The molecule has 0 fully saturated rings. The van der Waals surface area contributed by atoms with Crippen molar-refractivity contribution in [2.75, 3.05) is 6.54 Å². The van der Waals surface area contributed by atoms with Crippen LogP contribution in [0.15, 0.2) is 0 Å². The third-order valence-corrected chi connectivity index (χ3v) is 2.14. The van der Waals surface area contributed by atoms with Crippen molar-refractivity contribution < 1.29 is 14.7 Å². The van der Waals surface area contributed by atoms with Gasteiger partial charge in [-0.2, -0.15) is 0 Å². The summed E-state index contributed by atoms with van der Waals surface area (Å²) >= 11 is 0. The summed E-state index contributed by atoms with van der Waals surface area (Å²) in [5, 5.41) is 11.3. The summed E-state index contributed by atoms with van der Waals surface area (Å²) in [6.07, 6.45) is 2.62. The Labute approximate surface area is 90.0 Å². The van der Waals surface area contributed by atoms with E-state index in [1.807, 2.05) is 6.92 Å². The summed E-state index contributed by atoms with van der Waals surface area (Å²) < 4.78 is 0. The minimum Gasteiger partial charge on any atom is -0.481 e. The zero-order valence-electron chi connectivity index (χ0n) is 9.16. The average Bonchev–Trinajstić information content (AvgIpc) is 2.16. The van der Waals surface area contributed by atoms with Crippen molar-refractivity contribution in [3.63, 3.8) is 0 Å². The first-order chi connectivity index (χ1) is 7.10. The van der Waals surface area contributed by atoms with Gasteiger partial charge in [-0.05, 0) is 25.8 Å². The van der Waals surface area contributed by atoms with Gasteiger partial charge in [-0.25, -0.2) is 0 Å². The quantitative estimate of drug-likeness (QED) is 0.515. The standard InChI is InChI=1S/C10H20N2O3/c1-2-8(7-10(14)15)12-9(13)5-3-4-6-11/h8H,2-7,11H2,1H3,(H,12,13)(H,14,15). The first kappa shape index (κ1) is 13.9. The molecule has 0 aromatic heterocycles. The molecule has 0 aliphatic carbocycles. The number of aliphatic carboxylic acids is 1. The van der Waals surface area contributed by atoms with Crippen molar-refractivity contribution in [3.8, 4) is 0 Å². The molecule has 5 nitrogen and oxygen atoms in total. The van der Waals surface area contributed by atoms with E-state index in [2.05, 4.69) is 5.32 Å². The minimum atomic E-state index is -0.885. The van der Waals surface area contributed by atoms with Crippen LogP contribution in [0.3, 0.4) is 0 Å². The van der Waals surface area contributed by atoms with Crippen molar-refractivity contribution in [2.45, 2.75) is 45.1 Å². The fourth-order valence-electron chi connectivity index (χ4n) is 1.24. The van der Waals surface area contributed by atoms with Crippen molar-refractivity contribution in [2.24, 2.45) is 5.73 Å². The summed E-state index contributed by atoms with van der Waals surface area (Å²) in [5.41, 5.74) is 5.30. The van der Waals surface area contributed by atoms with Crippen LogP contribution in [-0.2, 0) is 9.59 Å². The Morgan fingerprint density at radius 2 is 2.07 bits per heavy atom. The maximum Gasteiger partial charge on any atom is 0.305 e. The van der Waals surface area contributed by atoms with E-state index in [1.165, 1.54) is 0 Å². The predicted molar refractivity (Wildman–Crippen MR) is 57.4 cm³/mol. The number of carboxylic acid groups (broad SMARTS) is 1. The van der Waals surface area contributed by atoms with Crippen LogP contribution >= 0.6 is 0 Å². The smallest absolute Gasteiger partial charge is 0.305 e. The highest BCUT2D eigenvalue weighted by atomic mass is 16.4. The predicted octanol–water partition coefficient (Wildman–Crippen LogP) is 0.485. The van der Waals surface area contributed by atoms with E-state index in [0.29, 0.717) is 19.4 Å². The molecule has 0 aliphatic rings. The maximum absolute atomic E-state index is 11.3. The molecule has 0 heterocycles. The van der Waals surface area contributed by atoms with Crippen molar-refractivity contribution >= 4 is 11.9 Å². The minimum absolute atomic E-state index is 0.0148. The lowest BCUT2D eigenvalue weighted by atomic mass is 10.1. The molecule has 0 bridgehead atoms. The van der Waals surface area contributed by atoms with Gasteiger partial charge in [-0.3, -0.25) is 9.59 Å². The largest absolute Gasteiger partial charge is 0.481 e. The number of rotatable bonds is 8. The first-order valence-corrected chi connectivity index (χ1v) is 5.31. The average molecular weight is 216 g/mol. The summed E-state index contributed by atoms with van der Waals surface area (Å²) in [6, 6.07) is -0.257. The van der Waals surface area contributed by atoms with Gasteiger partial charge in [-0.15, -0.1) is 0 Å². The monoisotopic (exact) mass is 216 g/mol. The molecule has 0 radical (unpaired) electrons. The summed E-state index contributed by atoms with van der Waals surface area (Å²) in [5.74, 6) is -0.972. The van der Waals surface area contributed by atoms with Crippen LogP contribution < -0.4 is 11.1 Å². The molecular weight excluding hydrogens is 196 g/mol. The number of carbonyl (C=O) groups is 2. The van der Waals surface area contributed by atoms with E-state index in [4.69, 9.17) is 10.8 Å². The molecule has 0 aromatic carbocycles. The van der Waals surface area contributed by atoms with Crippen LogP contribution in [0.25, 0.3) is 0 Å². The summed E-state index contributed by atoms with van der Waals surface area (Å²) in [6.45, 7) is 2.44. The van der Waals surface area contributed by atoms with E-state index in [1.54, 1.807) is 0 Å². The Morgan fingerprint density at radius 1 is 1.40 bits per heavy atom. The van der Waals surface area contributed by atoms with E-state index >= 15 is 0 Å². The van der Waals surface area contributed by atoms with Gasteiger partial charge in [0.05, 0.1) is 6.42 Å². The molecule has 5 heteroatoms. The summed E-state index contributed by atoms with van der Waals surface area (Å²) in [7, 11) is 0. The van der Waals surface area contributed by atoms with Crippen molar-refractivity contribution in [3.05, 3.63) is 0 Å². The number of nitrogens with two attached hydrogens (primary N) is 1. The highest BCUT2D eigenvalue weighted by molar-refractivity contribution is 5.77. The second-order valence-electron chi connectivity index (χ2n) is 3.52. The van der Waals surface area contributed by atoms with Gasteiger partial charge in [0.15, 0.2) is 0 Å². The fraction of sp³-hybridized carbons (Fsp3) is 0.800. The molecule has 88 valence electrons. The van der Waals surface area contributed by atoms with E-state index in [0.717, 1.165) is 12.8 Å². The molecule has 0 aliphatic heterocycles. The van der Waals surface area contributed by atoms with Crippen LogP contribution in [0.1, 0.15) is 39.0 Å². The van der Waals surface area contributed by atoms with Crippen LogP contribution in [0.4, 0.5) is 0 Å². The van der Waals surface area contributed by atoms with Gasteiger partial charge in [-0.1, -0.05) is 6.92 Å². The summed E-state index contributed by atoms with van der Waals surface area (Å²) in [4.78, 5) is 21.8. The Kier molecular flexibility index (Phi) is 7.62. The molecule has 0 saturated carbocycles. The van der Waals surface area contributed by atoms with E-state index in [-0.39, 0.29) is 18.4 Å². The Hall–Kier alpha value is -1.10. The number of amides is 1. The van der Waals surface area contributed by atoms with Gasteiger partial charge >= 0.3 is 5.97 Å². The topological polar surface area (TPSA) is 92.4 Å². The number of unbranched alkanes of at least 4 members (excludes halogenated alkanes) is 1. The molecule has 0 spiro atoms. The molecule has 1 amide bonds. The molecule has 4 N–H and O–H groups in total. The lowest BCUT2D eigenvalue weighted by molar-refractivity contribution is -0.137. The normalized spacial score (nSPS) is 12.1. The second kappa shape index (κ2) is 8.23. The highest BCUT2D eigenvalue weighted by Crippen LogP contribution is 2.00. The maximum atomic E-state index is 11.3. The number of hydrogen-bond donors (Lipinski definition) is 3. The zero-order valence-corrected chi connectivity index (χ0v) is 9.16. The lowest BCUT2D eigenvalue weighted by Gasteiger charge is -2.14. The lowest BCUT2D eigenvalue weighted by Crippen LogP contribution is -2.35. The molecule has 1 atom stereocenters. The third-order valence-electron chi connectivity index (χ3n) is 2.14. The second-order valence-corrected chi connectivity index (χ2v) is 3.52. The molecule has 0 aromatic rings. The molecule has 0 saturated heterocycles. The molecular formula is C10H20N2O3. The van der Waals surface area contributed by atoms with Gasteiger partial charge in [0.2, 0.25) is 5.91 Å². The third kappa shape index (κ3) is 7.93. The van der Waals surface area contributed by atoms with Crippen LogP contribution in [0, 0.1) is 0 Å². The van der Waals surface area contributed by atoms with Gasteiger partial charge in [0.1, 0.15) is 0 Å². The van der Waals surface area contributed by atoms with Crippen LogP contribution in [0.5, 0.6) is 0 Å². The van der Waals surface area contributed by atoms with Crippen molar-refractivity contribution in [1.82, 2.24) is 5.32 Å². The SMILES string of the molecule is CCC(CC(=O)O)NC(=O)CCCCN. The van der Waals surface area contributed by atoms with Gasteiger partial charge in [0, 0.05) is 12.5 Å². The highest BCUT2D eigenvalue weighted by Gasteiger charge is 2.13. The molecule has 0 rings (SSSR count). The molecule has 1 unspecified atom stereocenters. The fourth-order valence-corrected chi connectivity index (χ4v) is 1.24. The zero-order chi connectivity index (χ0) is 11.7. The Balaban J connectivity index is 3.75.